The topological polar surface area (TPSA) is 66.5 Å². The van der Waals surface area contributed by atoms with Gasteiger partial charge in [-0.3, -0.25) is 5.10 Å². The number of aromatic amines is 1. The summed E-state index contributed by atoms with van der Waals surface area (Å²) in [5.41, 5.74) is 1.01. The van der Waals surface area contributed by atoms with Crippen LogP contribution >= 0.6 is 0 Å². The number of aromatic nitrogens is 4. The van der Waals surface area contributed by atoms with E-state index >= 15 is 0 Å². The first-order chi connectivity index (χ1) is 6.34. The molecule has 66 valence electrons. The molecule has 2 N–H and O–H groups in total. The Morgan fingerprint density at radius 3 is 2.92 bits per heavy atom. The minimum absolute atomic E-state index is 0.689. The molecular formula is C8H9N5. The Balaban J connectivity index is 2.15. The molecule has 2 heterocycles. The minimum Gasteiger partial charge on any atom is -0.322 e. The van der Waals surface area contributed by atoms with E-state index in [4.69, 9.17) is 0 Å². The fourth-order valence-corrected chi connectivity index (χ4v) is 0.981. The lowest BCUT2D eigenvalue weighted by Gasteiger charge is -1.97. The van der Waals surface area contributed by atoms with Crippen molar-refractivity contribution in [2.75, 3.05) is 5.32 Å². The van der Waals surface area contributed by atoms with E-state index in [1.165, 1.54) is 0 Å². The molecule has 2 rings (SSSR count). The highest BCUT2D eigenvalue weighted by atomic mass is 15.2. The van der Waals surface area contributed by atoms with Gasteiger partial charge in [-0.1, -0.05) is 0 Å². The van der Waals surface area contributed by atoms with Gasteiger partial charge < -0.3 is 5.32 Å². The molecule has 0 saturated carbocycles. The van der Waals surface area contributed by atoms with Gasteiger partial charge in [-0.25, -0.2) is 0 Å². The van der Waals surface area contributed by atoms with Crippen molar-refractivity contribution in [2.45, 2.75) is 6.92 Å². The Morgan fingerprint density at radius 1 is 1.38 bits per heavy atom. The van der Waals surface area contributed by atoms with Crippen LogP contribution in [0.2, 0.25) is 0 Å². The van der Waals surface area contributed by atoms with Crippen LogP contribution in [-0.4, -0.2) is 20.4 Å². The Kier molecular flexibility index (Phi) is 1.91. The van der Waals surface area contributed by atoms with Crippen LogP contribution in [-0.2, 0) is 0 Å². The number of rotatable bonds is 2. The Labute approximate surface area is 75.2 Å². The third-order valence-corrected chi connectivity index (χ3v) is 1.53. The van der Waals surface area contributed by atoms with Crippen LogP contribution < -0.4 is 5.32 Å². The first-order valence-electron chi connectivity index (χ1n) is 3.91. The highest BCUT2D eigenvalue weighted by molar-refractivity contribution is 5.50. The molecule has 0 aliphatic heterocycles. The van der Waals surface area contributed by atoms with E-state index in [2.05, 4.69) is 25.7 Å². The second kappa shape index (κ2) is 3.22. The van der Waals surface area contributed by atoms with Gasteiger partial charge in [-0.2, -0.15) is 10.2 Å². The van der Waals surface area contributed by atoms with E-state index in [1.54, 1.807) is 6.20 Å². The molecule has 0 saturated heterocycles. The van der Waals surface area contributed by atoms with Crippen molar-refractivity contribution in [3.8, 4) is 0 Å². The standard InChI is InChI=1S/C8H9N5/c1-6-5-8(13-11-6)10-7-3-2-4-9-12-7/h2-5H,1H3,(H2,10,11,12,13). The number of aryl methyl sites for hydroxylation is 1. The lowest BCUT2D eigenvalue weighted by Crippen LogP contribution is -1.94. The summed E-state index contributed by atoms with van der Waals surface area (Å²) >= 11 is 0. The van der Waals surface area contributed by atoms with Crippen LogP contribution in [0.25, 0.3) is 0 Å². The first kappa shape index (κ1) is 7.72. The molecule has 2 aromatic rings. The minimum atomic E-state index is 0.689. The van der Waals surface area contributed by atoms with Crippen LogP contribution in [0.5, 0.6) is 0 Å². The predicted molar refractivity (Wildman–Crippen MR) is 48.6 cm³/mol. The van der Waals surface area contributed by atoms with Crippen LogP contribution in [0.15, 0.2) is 24.4 Å². The summed E-state index contributed by atoms with van der Waals surface area (Å²) in [5.74, 6) is 1.44. The van der Waals surface area contributed by atoms with E-state index in [0.29, 0.717) is 5.82 Å². The van der Waals surface area contributed by atoms with Crippen molar-refractivity contribution in [3.63, 3.8) is 0 Å². The fraction of sp³-hybridized carbons (Fsp3) is 0.125. The van der Waals surface area contributed by atoms with Gasteiger partial charge in [-0.05, 0) is 19.1 Å². The normalized spacial score (nSPS) is 9.92. The largest absolute Gasteiger partial charge is 0.322 e. The Bertz CT molecular complexity index is 380. The Morgan fingerprint density at radius 2 is 2.31 bits per heavy atom. The average Bonchev–Trinajstić information content (AvgIpc) is 2.53. The summed E-state index contributed by atoms with van der Waals surface area (Å²) in [6.07, 6.45) is 1.63. The van der Waals surface area contributed by atoms with Gasteiger partial charge in [0.25, 0.3) is 0 Å². The van der Waals surface area contributed by atoms with Crippen molar-refractivity contribution in [2.24, 2.45) is 0 Å². The SMILES string of the molecule is Cc1cc(Nc2cccnn2)n[nH]1. The lowest BCUT2D eigenvalue weighted by molar-refractivity contribution is 1.02. The molecule has 0 bridgehead atoms. The van der Waals surface area contributed by atoms with E-state index in [-0.39, 0.29) is 0 Å². The highest BCUT2D eigenvalue weighted by Crippen LogP contribution is 2.10. The molecule has 0 aliphatic rings. The zero-order valence-corrected chi connectivity index (χ0v) is 7.15. The average molecular weight is 175 g/mol. The maximum Gasteiger partial charge on any atom is 0.154 e. The van der Waals surface area contributed by atoms with Gasteiger partial charge in [0.1, 0.15) is 0 Å². The molecule has 0 unspecified atom stereocenters. The lowest BCUT2D eigenvalue weighted by atomic mass is 10.4. The van der Waals surface area contributed by atoms with Crippen molar-refractivity contribution >= 4 is 11.6 Å². The summed E-state index contributed by atoms with van der Waals surface area (Å²) in [6, 6.07) is 5.54. The van der Waals surface area contributed by atoms with Crippen molar-refractivity contribution in [1.82, 2.24) is 20.4 Å². The molecule has 0 atom stereocenters. The summed E-state index contributed by atoms with van der Waals surface area (Å²) < 4.78 is 0. The smallest absolute Gasteiger partial charge is 0.154 e. The molecule has 5 nitrogen and oxygen atoms in total. The number of H-pyrrole nitrogens is 1. The van der Waals surface area contributed by atoms with Gasteiger partial charge in [0.2, 0.25) is 0 Å². The monoisotopic (exact) mass is 175 g/mol. The van der Waals surface area contributed by atoms with Gasteiger partial charge in [-0.15, -0.1) is 5.10 Å². The van der Waals surface area contributed by atoms with Gasteiger partial charge in [0, 0.05) is 18.0 Å². The number of hydrogen-bond acceptors (Lipinski definition) is 4. The van der Waals surface area contributed by atoms with E-state index in [1.807, 2.05) is 25.1 Å². The second-order valence-corrected chi connectivity index (χ2v) is 2.67. The van der Waals surface area contributed by atoms with E-state index in [0.717, 1.165) is 11.5 Å². The molecule has 5 heteroatoms. The van der Waals surface area contributed by atoms with Crippen LogP contribution in [0.1, 0.15) is 5.69 Å². The van der Waals surface area contributed by atoms with E-state index in [9.17, 15) is 0 Å². The third kappa shape index (κ3) is 1.81. The molecule has 0 radical (unpaired) electrons. The van der Waals surface area contributed by atoms with Crippen molar-refractivity contribution in [1.29, 1.82) is 0 Å². The summed E-state index contributed by atoms with van der Waals surface area (Å²) in [5, 5.41) is 17.4. The molecule has 0 amide bonds. The zero-order valence-electron chi connectivity index (χ0n) is 7.15. The fourth-order valence-electron chi connectivity index (χ4n) is 0.981. The van der Waals surface area contributed by atoms with Gasteiger partial charge >= 0.3 is 0 Å². The summed E-state index contributed by atoms with van der Waals surface area (Å²) in [7, 11) is 0. The molecule has 0 fully saturated rings. The zero-order chi connectivity index (χ0) is 9.10. The van der Waals surface area contributed by atoms with Crippen LogP contribution in [0.4, 0.5) is 11.6 Å². The molecular weight excluding hydrogens is 166 g/mol. The number of nitrogens with zero attached hydrogens (tertiary/aromatic N) is 3. The number of nitrogens with one attached hydrogen (secondary N) is 2. The molecule has 2 aromatic heterocycles. The quantitative estimate of drug-likeness (QED) is 0.720. The number of anilines is 2. The highest BCUT2D eigenvalue weighted by Gasteiger charge is 1.97. The van der Waals surface area contributed by atoms with Crippen molar-refractivity contribution in [3.05, 3.63) is 30.1 Å². The third-order valence-electron chi connectivity index (χ3n) is 1.53. The van der Waals surface area contributed by atoms with E-state index < -0.39 is 0 Å². The second-order valence-electron chi connectivity index (χ2n) is 2.67. The molecule has 13 heavy (non-hydrogen) atoms. The Hall–Kier alpha value is -1.91. The van der Waals surface area contributed by atoms with Gasteiger partial charge in [0.15, 0.2) is 11.6 Å². The van der Waals surface area contributed by atoms with Crippen molar-refractivity contribution < 1.29 is 0 Å². The van der Waals surface area contributed by atoms with Gasteiger partial charge in [0.05, 0.1) is 0 Å². The maximum atomic E-state index is 4.01. The van der Waals surface area contributed by atoms with Crippen LogP contribution in [0, 0.1) is 6.92 Å². The molecule has 0 spiro atoms. The maximum absolute atomic E-state index is 4.01. The number of hydrogen-bond donors (Lipinski definition) is 2. The van der Waals surface area contributed by atoms with Crippen LogP contribution in [0.3, 0.4) is 0 Å². The molecule has 0 aromatic carbocycles. The summed E-state index contributed by atoms with van der Waals surface area (Å²) in [4.78, 5) is 0. The predicted octanol–water partition coefficient (Wildman–Crippen LogP) is 1.25. The first-order valence-corrected chi connectivity index (χ1v) is 3.91. The summed E-state index contributed by atoms with van der Waals surface area (Å²) in [6.45, 7) is 1.94. The molecule has 0 aliphatic carbocycles.